The zero-order valence-electron chi connectivity index (χ0n) is 16.8. The van der Waals surface area contributed by atoms with Gasteiger partial charge in [0.05, 0.1) is 37.0 Å². The monoisotopic (exact) mass is 459 g/mol. The Morgan fingerprint density at radius 3 is 2.55 bits per heavy atom. The Kier molecular flexibility index (Phi) is 6.01. The van der Waals surface area contributed by atoms with Crippen molar-refractivity contribution in [2.24, 2.45) is 0 Å². The number of benzene rings is 2. The smallest absolute Gasteiger partial charge is 0.278 e. The van der Waals surface area contributed by atoms with E-state index in [1.54, 1.807) is 37.2 Å². The zero-order chi connectivity index (χ0) is 22.0. The maximum absolute atomic E-state index is 12.7. The number of aromatic amines is 1. The fraction of sp³-hybridized carbons (Fsp3) is 0.190. The van der Waals surface area contributed by atoms with E-state index in [-0.39, 0.29) is 5.56 Å². The Balaban J connectivity index is 1.56. The third-order valence-corrected chi connectivity index (χ3v) is 5.46. The molecule has 2 heterocycles. The summed E-state index contributed by atoms with van der Waals surface area (Å²) in [5.41, 5.74) is 2.39. The first-order valence-electron chi connectivity index (χ1n) is 9.33. The maximum Gasteiger partial charge on any atom is 0.278 e. The van der Waals surface area contributed by atoms with Crippen LogP contribution in [-0.4, -0.2) is 34.0 Å². The quantitative estimate of drug-likeness (QED) is 0.431. The molecule has 10 heteroatoms. The summed E-state index contributed by atoms with van der Waals surface area (Å²) in [5.74, 6) is 1.58. The highest BCUT2D eigenvalue weighted by Crippen LogP contribution is 2.28. The minimum atomic E-state index is -0.292. The molecular weight excluding hydrogens is 441 g/mol. The van der Waals surface area contributed by atoms with Crippen LogP contribution in [0.4, 0.5) is 5.95 Å². The number of rotatable bonds is 7. The number of fused-ring (bicyclic) bond motifs is 1. The van der Waals surface area contributed by atoms with Gasteiger partial charge in [-0.1, -0.05) is 35.3 Å². The van der Waals surface area contributed by atoms with Gasteiger partial charge in [-0.2, -0.15) is 5.10 Å². The SMILES string of the molecule is COc1ccc(Cn2ncc3nc(NCc4ccc(Cl)c(Cl)c4)[nH]c(=O)c32)cc1OC. The number of hydrogen-bond acceptors (Lipinski definition) is 6. The predicted octanol–water partition coefficient (Wildman–Crippen LogP) is 4.10. The van der Waals surface area contributed by atoms with E-state index in [1.165, 1.54) is 0 Å². The molecule has 0 aliphatic heterocycles. The van der Waals surface area contributed by atoms with Gasteiger partial charge in [0.25, 0.3) is 5.56 Å². The molecule has 160 valence electrons. The highest BCUT2D eigenvalue weighted by molar-refractivity contribution is 6.42. The van der Waals surface area contributed by atoms with Crippen molar-refractivity contribution in [1.29, 1.82) is 0 Å². The lowest BCUT2D eigenvalue weighted by molar-refractivity contribution is 0.354. The number of anilines is 1. The van der Waals surface area contributed by atoms with Crippen LogP contribution in [0.5, 0.6) is 11.5 Å². The van der Waals surface area contributed by atoms with Crippen molar-refractivity contribution in [3.8, 4) is 11.5 Å². The molecule has 0 saturated heterocycles. The van der Waals surface area contributed by atoms with Gasteiger partial charge in [-0.05, 0) is 35.4 Å². The minimum Gasteiger partial charge on any atom is -0.493 e. The normalized spacial score (nSPS) is 11.0. The molecular formula is C21H19Cl2N5O3. The molecule has 4 aromatic rings. The first-order valence-corrected chi connectivity index (χ1v) is 10.1. The first kappa shape index (κ1) is 21.0. The molecule has 0 aliphatic rings. The lowest BCUT2D eigenvalue weighted by Crippen LogP contribution is -2.16. The third-order valence-electron chi connectivity index (χ3n) is 4.72. The van der Waals surface area contributed by atoms with Crippen LogP contribution in [-0.2, 0) is 13.1 Å². The number of nitrogens with one attached hydrogen (secondary N) is 2. The summed E-state index contributed by atoms with van der Waals surface area (Å²) in [6, 6.07) is 10.9. The van der Waals surface area contributed by atoms with Gasteiger partial charge in [-0.15, -0.1) is 0 Å². The van der Waals surface area contributed by atoms with Crippen LogP contribution >= 0.6 is 23.2 Å². The molecule has 4 rings (SSSR count). The fourth-order valence-corrected chi connectivity index (χ4v) is 3.52. The number of halogens is 2. The molecule has 0 unspecified atom stereocenters. The Morgan fingerprint density at radius 1 is 1.03 bits per heavy atom. The van der Waals surface area contributed by atoms with Crippen LogP contribution in [0, 0.1) is 0 Å². The topological polar surface area (TPSA) is 94.1 Å². The standard InChI is InChI=1S/C21H19Cl2N5O3/c1-30-17-6-4-13(8-18(17)31-2)11-28-19-16(10-25-28)26-21(27-20(19)29)24-9-12-3-5-14(22)15(23)7-12/h3-8,10H,9,11H2,1-2H3,(H2,24,26,27,29). The van der Waals surface area contributed by atoms with Crippen LogP contribution in [0.2, 0.25) is 10.0 Å². The van der Waals surface area contributed by atoms with Gasteiger partial charge < -0.3 is 14.8 Å². The van der Waals surface area contributed by atoms with Crippen LogP contribution < -0.4 is 20.3 Å². The number of ether oxygens (including phenoxy) is 2. The van der Waals surface area contributed by atoms with E-state index < -0.39 is 0 Å². The van der Waals surface area contributed by atoms with Gasteiger partial charge in [-0.25, -0.2) is 4.98 Å². The molecule has 0 fully saturated rings. The molecule has 0 saturated carbocycles. The third kappa shape index (κ3) is 4.45. The number of methoxy groups -OCH3 is 2. The van der Waals surface area contributed by atoms with Crippen molar-refractivity contribution in [2.45, 2.75) is 13.1 Å². The van der Waals surface area contributed by atoms with Gasteiger partial charge in [0.2, 0.25) is 5.95 Å². The summed E-state index contributed by atoms with van der Waals surface area (Å²) in [7, 11) is 3.16. The summed E-state index contributed by atoms with van der Waals surface area (Å²) >= 11 is 12.0. The van der Waals surface area contributed by atoms with Crippen LogP contribution in [0.25, 0.3) is 11.0 Å². The van der Waals surface area contributed by atoms with Crippen LogP contribution in [0.1, 0.15) is 11.1 Å². The van der Waals surface area contributed by atoms with Crippen molar-refractivity contribution < 1.29 is 9.47 Å². The number of nitrogens with zero attached hydrogens (tertiary/aromatic N) is 3. The van der Waals surface area contributed by atoms with Gasteiger partial charge in [0.1, 0.15) is 5.52 Å². The average Bonchev–Trinajstić information content (AvgIpc) is 3.17. The van der Waals surface area contributed by atoms with Gasteiger partial charge >= 0.3 is 0 Å². The predicted molar refractivity (Wildman–Crippen MR) is 121 cm³/mol. The van der Waals surface area contributed by atoms with Crippen molar-refractivity contribution in [3.05, 3.63) is 74.1 Å². The van der Waals surface area contributed by atoms with E-state index in [4.69, 9.17) is 32.7 Å². The number of aromatic nitrogens is 4. The van der Waals surface area contributed by atoms with E-state index in [0.717, 1.165) is 11.1 Å². The average molecular weight is 460 g/mol. The Bertz CT molecular complexity index is 1300. The van der Waals surface area contributed by atoms with E-state index in [9.17, 15) is 4.79 Å². The highest BCUT2D eigenvalue weighted by atomic mass is 35.5. The van der Waals surface area contributed by atoms with Crippen molar-refractivity contribution in [1.82, 2.24) is 19.7 Å². The molecule has 0 aliphatic carbocycles. The van der Waals surface area contributed by atoms with Gasteiger partial charge in [0, 0.05) is 6.54 Å². The lowest BCUT2D eigenvalue weighted by atomic mass is 10.2. The maximum atomic E-state index is 12.7. The van der Waals surface area contributed by atoms with Crippen LogP contribution in [0.3, 0.4) is 0 Å². The van der Waals surface area contributed by atoms with Crippen LogP contribution in [0.15, 0.2) is 47.4 Å². The Labute approximate surface area is 187 Å². The second-order valence-electron chi connectivity index (χ2n) is 6.74. The number of hydrogen-bond donors (Lipinski definition) is 2. The number of H-pyrrole nitrogens is 1. The fourth-order valence-electron chi connectivity index (χ4n) is 3.20. The summed E-state index contributed by atoms with van der Waals surface area (Å²) in [6.45, 7) is 0.801. The van der Waals surface area contributed by atoms with E-state index in [0.29, 0.717) is 51.6 Å². The molecule has 0 radical (unpaired) electrons. The second kappa shape index (κ2) is 8.87. The molecule has 2 aromatic heterocycles. The lowest BCUT2D eigenvalue weighted by Gasteiger charge is -2.10. The van der Waals surface area contributed by atoms with E-state index in [2.05, 4.69) is 20.4 Å². The molecule has 0 spiro atoms. The van der Waals surface area contributed by atoms with Crippen molar-refractivity contribution in [2.75, 3.05) is 19.5 Å². The minimum absolute atomic E-state index is 0.292. The Morgan fingerprint density at radius 2 is 1.81 bits per heavy atom. The van der Waals surface area contributed by atoms with E-state index in [1.807, 2.05) is 24.3 Å². The van der Waals surface area contributed by atoms with Crippen molar-refractivity contribution >= 4 is 40.2 Å². The molecule has 2 N–H and O–H groups in total. The molecule has 0 amide bonds. The molecule has 31 heavy (non-hydrogen) atoms. The molecule has 0 atom stereocenters. The van der Waals surface area contributed by atoms with Gasteiger partial charge in [0.15, 0.2) is 17.0 Å². The molecule has 8 nitrogen and oxygen atoms in total. The summed E-state index contributed by atoms with van der Waals surface area (Å²) < 4.78 is 12.2. The highest BCUT2D eigenvalue weighted by Gasteiger charge is 2.12. The largest absolute Gasteiger partial charge is 0.493 e. The zero-order valence-corrected chi connectivity index (χ0v) is 18.3. The first-order chi connectivity index (χ1) is 15.0. The van der Waals surface area contributed by atoms with Gasteiger partial charge in [-0.3, -0.25) is 14.5 Å². The second-order valence-corrected chi connectivity index (χ2v) is 7.56. The summed E-state index contributed by atoms with van der Waals surface area (Å²) in [4.78, 5) is 19.9. The van der Waals surface area contributed by atoms with E-state index >= 15 is 0 Å². The Hall–Kier alpha value is -3.23. The molecule has 2 aromatic carbocycles. The summed E-state index contributed by atoms with van der Waals surface area (Å²) in [6.07, 6.45) is 1.57. The summed E-state index contributed by atoms with van der Waals surface area (Å²) in [5, 5.41) is 8.38. The van der Waals surface area contributed by atoms with Crippen molar-refractivity contribution in [3.63, 3.8) is 0 Å². The molecule has 0 bridgehead atoms.